The Hall–Kier alpha value is -2.54. The largest absolute Gasteiger partial charge is 0.351 e. The zero-order valence-corrected chi connectivity index (χ0v) is 14.1. The first-order chi connectivity index (χ1) is 12.4. The van der Waals surface area contributed by atoms with Crippen molar-refractivity contribution in [3.05, 3.63) is 48.3 Å². The van der Waals surface area contributed by atoms with Gasteiger partial charge in [0, 0.05) is 63.4 Å². The lowest BCUT2D eigenvalue weighted by atomic mass is 10.2. The zero-order chi connectivity index (χ0) is 16.6. The van der Waals surface area contributed by atoms with Crippen LogP contribution in [0.1, 0.15) is 30.1 Å². The predicted molar refractivity (Wildman–Crippen MR) is 94.5 cm³/mol. The molecular formula is C18H21N7. The molecule has 3 aromatic rings. The summed E-state index contributed by atoms with van der Waals surface area (Å²) in [4.78, 5) is 13.5. The Kier molecular flexibility index (Phi) is 3.59. The first kappa shape index (κ1) is 14.8. The highest BCUT2D eigenvalue weighted by molar-refractivity contribution is 5.64. The average Bonchev–Trinajstić information content (AvgIpc) is 3.42. The lowest BCUT2D eigenvalue weighted by Gasteiger charge is -2.35. The van der Waals surface area contributed by atoms with Gasteiger partial charge in [0.1, 0.15) is 5.82 Å². The van der Waals surface area contributed by atoms with Crippen molar-refractivity contribution in [2.75, 3.05) is 31.1 Å². The first-order valence-corrected chi connectivity index (χ1v) is 8.94. The second-order valence-corrected chi connectivity index (χ2v) is 6.90. The van der Waals surface area contributed by atoms with Gasteiger partial charge in [0.25, 0.3) is 0 Å². The Balaban J connectivity index is 1.31. The third kappa shape index (κ3) is 2.84. The van der Waals surface area contributed by atoms with Gasteiger partial charge in [0.15, 0.2) is 5.82 Å². The molecule has 0 N–H and O–H groups in total. The van der Waals surface area contributed by atoms with Crippen LogP contribution in [0.25, 0.3) is 5.65 Å². The molecule has 1 aliphatic heterocycles. The molecule has 0 aromatic carbocycles. The van der Waals surface area contributed by atoms with Gasteiger partial charge in [-0.1, -0.05) is 0 Å². The van der Waals surface area contributed by atoms with E-state index in [1.807, 2.05) is 24.8 Å². The maximum atomic E-state index is 4.61. The summed E-state index contributed by atoms with van der Waals surface area (Å²) in [6.07, 6.45) is 10.0. The molecule has 1 saturated carbocycles. The predicted octanol–water partition coefficient (Wildman–Crippen LogP) is 1.72. The number of hydrogen-bond acceptors (Lipinski definition) is 6. The van der Waals surface area contributed by atoms with Gasteiger partial charge in [-0.2, -0.15) is 0 Å². The summed E-state index contributed by atoms with van der Waals surface area (Å²) in [5.41, 5.74) is 2.21. The van der Waals surface area contributed by atoms with Crippen molar-refractivity contribution in [2.45, 2.75) is 25.3 Å². The van der Waals surface area contributed by atoms with Crippen molar-refractivity contribution in [3.8, 4) is 0 Å². The Morgan fingerprint density at radius 2 is 1.76 bits per heavy atom. The quantitative estimate of drug-likeness (QED) is 0.723. The second kappa shape index (κ2) is 6.07. The van der Waals surface area contributed by atoms with Crippen LogP contribution in [0.4, 0.5) is 5.82 Å². The molecule has 0 atom stereocenters. The first-order valence-electron chi connectivity index (χ1n) is 8.94. The number of nitrogens with zero attached hydrogens (tertiary/aromatic N) is 7. The number of aromatic nitrogens is 5. The summed E-state index contributed by atoms with van der Waals surface area (Å²) in [6, 6.07) is 4.18. The smallest absolute Gasteiger partial charge is 0.203 e. The fourth-order valence-electron chi connectivity index (χ4n) is 3.54. The van der Waals surface area contributed by atoms with Gasteiger partial charge in [-0.05, 0) is 30.5 Å². The molecule has 0 amide bonds. The van der Waals surface area contributed by atoms with Crippen LogP contribution in [0, 0.1) is 0 Å². The van der Waals surface area contributed by atoms with Crippen molar-refractivity contribution in [1.82, 2.24) is 29.5 Å². The van der Waals surface area contributed by atoms with Crippen LogP contribution < -0.4 is 4.90 Å². The van der Waals surface area contributed by atoms with E-state index in [1.54, 1.807) is 0 Å². The summed E-state index contributed by atoms with van der Waals surface area (Å²) < 4.78 is 2.13. The molecule has 3 aromatic heterocycles. The molecule has 2 fully saturated rings. The van der Waals surface area contributed by atoms with Crippen LogP contribution in [0.3, 0.4) is 0 Å². The molecule has 7 nitrogen and oxygen atoms in total. The lowest BCUT2D eigenvalue weighted by Crippen LogP contribution is -2.46. The molecule has 25 heavy (non-hydrogen) atoms. The maximum Gasteiger partial charge on any atom is 0.203 e. The molecule has 0 spiro atoms. The molecule has 5 rings (SSSR count). The van der Waals surface area contributed by atoms with E-state index in [9.17, 15) is 0 Å². The number of piperazine rings is 1. The summed E-state index contributed by atoms with van der Waals surface area (Å²) in [5.74, 6) is 2.64. The number of anilines is 1. The second-order valence-electron chi connectivity index (χ2n) is 6.90. The van der Waals surface area contributed by atoms with E-state index >= 15 is 0 Å². The van der Waals surface area contributed by atoms with E-state index < -0.39 is 0 Å². The van der Waals surface area contributed by atoms with Gasteiger partial charge in [0.2, 0.25) is 5.65 Å². The molecule has 0 radical (unpaired) electrons. The van der Waals surface area contributed by atoms with E-state index in [0.717, 1.165) is 50.0 Å². The van der Waals surface area contributed by atoms with E-state index in [4.69, 9.17) is 0 Å². The highest BCUT2D eigenvalue weighted by Gasteiger charge is 2.30. The van der Waals surface area contributed by atoms with Gasteiger partial charge in [0.05, 0.1) is 0 Å². The van der Waals surface area contributed by atoms with E-state index in [1.165, 1.54) is 18.4 Å². The van der Waals surface area contributed by atoms with E-state index in [0.29, 0.717) is 5.92 Å². The summed E-state index contributed by atoms with van der Waals surface area (Å²) >= 11 is 0. The Labute approximate surface area is 146 Å². The van der Waals surface area contributed by atoms with Crippen molar-refractivity contribution in [2.24, 2.45) is 0 Å². The van der Waals surface area contributed by atoms with Crippen LogP contribution >= 0.6 is 0 Å². The van der Waals surface area contributed by atoms with Gasteiger partial charge in [-0.3, -0.25) is 14.3 Å². The number of hydrogen-bond donors (Lipinski definition) is 0. The van der Waals surface area contributed by atoms with Crippen molar-refractivity contribution in [1.29, 1.82) is 0 Å². The van der Waals surface area contributed by atoms with Gasteiger partial charge < -0.3 is 4.90 Å². The Bertz CT molecular complexity index is 864. The third-order valence-corrected chi connectivity index (χ3v) is 5.10. The Morgan fingerprint density at radius 3 is 2.52 bits per heavy atom. The third-order valence-electron chi connectivity index (χ3n) is 5.10. The Morgan fingerprint density at radius 1 is 0.960 bits per heavy atom. The fourth-order valence-corrected chi connectivity index (χ4v) is 3.54. The number of rotatable bonds is 4. The van der Waals surface area contributed by atoms with Crippen LogP contribution in [-0.2, 0) is 6.54 Å². The topological polar surface area (TPSA) is 62.5 Å². The molecule has 1 saturated heterocycles. The van der Waals surface area contributed by atoms with Crippen molar-refractivity contribution in [3.63, 3.8) is 0 Å². The molecule has 2 aliphatic rings. The van der Waals surface area contributed by atoms with Gasteiger partial charge in [-0.15, -0.1) is 10.2 Å². The molecule has 128 valence electrons. The fraction of sp³-hybridized carbons (Fsp3) is 0.444. The van der Waals surface area contributed by atoms with Crippen LogP contribution in [-0.4, -0.2) is 55.6 Å². The minimum atomic E-state index is 0.586. The maximum absolute atomic E-state index is 4.61. The number of fused-ring (bicyclic) bond motifs is 1. The monoisotopic (exact) mass is 335 g/mol. The van der Waals surface area contributed by atoms with Crippen LogP contribution in [0.15, 0.2) is 36.9 Å². The molecular weight excluding hydrogens is 314 g/mol. The SMILES string of the molecule is c1cc(CN2CCN(c3nccn4c(C5CC5)nnc34)CC2)ccn1. The van der Waals surface area contributed by atoms with E-state index in [-0.39, 0.29) is 0 Å². The average molecular weight is 335 g/mol. The molecule has 0 bridgehead atoms. The van der Waals surface area contributed by atoms with Crippen LogP contribution in [0.5, 0.6) is 0 Å². The molecule has 1 aliphatic carbocycles. The van der Waals surface area contributed by atoms with Crippen molar-refractivity contribution >= 4 is 11.5 Å². The van der Waals surface area contributed by atoms with E-state index in [2.05, 4.69) is 46.5 Å². The minimum Gasteiger partial charge on any atom is -0.351 e. The molecule has 7 heteroatoms. The zero-order valence-electron chi connectivity index (χ0n) is 14.1. The van der Waals surface area contributed by atoms with Gasteiger partial charge >= 0.3 is 0 Å². The molecule has 4 heterocycles. The highest BCUT2D eigenvalue weighted by atomic mass is 15.3. The van der Waals surface area contributed by atoms with Crippen molar-refractivity contribution < 1.29 is 0 Å². The highest BCUT2D eigenvalue weighted by Crippen LogP contribution is 2.39. The lowest BCUT2D eigenvalue weighted by molar-refractivity contribution is 0.249. The number of pyridine rings is 1. The summed E-state index contributed by atoms with van der Waals surface area (Å²) in [6.45, 7) is 4.95. The standard InChI is InChI=1S/C18H21N7/c1-2-15(1)16-21-22-18-17(20-7-8-25(16)18)24-11-9-23(10-12-24)13-14-3-5-19-6-4-14/h3-8,15H,1-2,9-13H2. The summed E-state index contributed by atoms with van der Waals surface area (Å²) in [5, 5.41) is 8.84. The summed E-state index contributed by atoms with van der Waals surface area (Å²) in [7, 11) is 0. The normalized spacial score (nSPS) is 18.8. The minimum absolute atomic E-state index is 0.586. The van der Waals surface area contributed by atoms with Gasteiger partial charge in [-0.25, -0.2) is 4.98 Å². The molecule has 0 unspecified atom stereocenters. The van der Waals surface area contributed by atoms with Crippen LogP contribution in [0.2, 0.25) is 0 Å².